The molecule has 0 bridgehead atoms. The van der Waals surface area contributed by atoms with Gasteiger partial charge < -0.3 is 15.0 Å². The van der Waals surface area contributed by atoms with E-state index in [1.165, 1.54) is 6.21 Å². The number of aromatic amines is 1. The van der Waals surface area contributed by atoms with Crippen molar-refractivity contribution in [2.45, 2.75) is 13.8 Å². The van der Waals surface area contributed by atoms with Gasteiger partial charge in [0.05, 0.1) is 6.21 Å². The van der Waals surface area contributed by atoms with Gasteiger partial charge in [0.25, 0.3) is 0 Å². The van der Waals surface area contributed by atoms with Crippen molar-refractivity contribution in [3.63, 3.8) is 0 Å². The highest BCUT2D eigenvalue weighted by Crippen LogP contribution is 2.13. The van der Waals surface area contributed by atoms with Crippen molar-refractivity contribution in [2.24, 2.45) is 5.10 Å². The second-order valence-corrected chi connectivity index (χ2v) is 4.70. The maximum Gasteiger partial charge on any atom is 0.454 e. The summed E-state index contributed by atoms with van der Waals surface area (Å²) in [6.07, 6.45) is 1.46. The summed E-state index contributed by atoms with van der Waals surface area (Å²) in [4.78, 5) is 27.0. The van der Waals surface area contributed by atoms with E-state index in [9.17, 15) is 14.9 Å². The van der Waals surface area contributed by atoms with Crippen molar-refractivity contribution in [3.8, 4) is 0 Å². The van der Waals surface area contributed by atoms with Crippen LogP contribution >= 0.6 is 0 Å². The van der Waals surface area contributed by atoms with Gasteiger partial charge in [-0.1, -0.05) is 17.2 Å². The Morgan fingerprint density at radius 1 is 1.38 bits per heavy atom. The third-order valence-electron chi connectivity index (χ3n) is 3.25. The van der Waals surface area contributed by atoms with E-state index in [0.29, 0.717) is 0 Å². The molecule has 1 amide bonds. The first-order valence-electron chi connectivity index (χ1n) is 7.30. The van der Waals surface area contributed by atoms with E-state index in [4.69, 9.17) is 0 Å². The first-order valence-corrected chi connectivity index (χ1v) is 7.30. The minimum absolute atomic E-state index is 0.351. The SMILES string of the molecule is CCN(CC)c1ccc(C=NNC(=O)c2n[nH]c([N+](=O)[O-])n2)cc1. The maximum absolute atomic E-state index is 11.7. The average Bonchev–Trinajstić information content (AvgIpc) is 3.08. The number of hydrogen-bond acceptors (Lipinski definition) is 7. The molecule has 0 aliphatic heterocycles. The molecule has 0 unspecified atom stereocenters. The lowest BCUT2D eigenvalue weighted by Gasteiger charge is -2.20. The van der Waals surface area contributed by atoms with Crippen molar-refractivity contribution in [1.29, 1.82) is 0 Å². The van der Waals surface area contributed by atoms with Crippen molar-refractivity contribution < 1.29 is 9.72 Å². The molecule has 0 aliphatic rings. The van der Waals surface area contributed by atoms with Gasteiger partial charge >= 0.3 is 17.7 Å². The van der Waals surface area contributed by atoms with Crippen LogP contribution in [0.1, 0.15) is 30.0 Å². The van der Waals surface area contributed by atoms with Gasteiger partial charge in [-0.3, -0.25) is 4.79 Å². The van der Waals surface area contributed by atoms with Gasteiger partial charge in [-0.15, -0.1) is 5.10 Å². The summed E-state index contributed by atoms with van der Waals surface area (Å²) in [6.45, 7) is 6.01. The molecule has 1 heterocycles. The van der Waals surface area contributed by atoms with E-state index in [2.05, 4.69) is 39.4 Å². The highest BCUT2D eigenvalue weighted by molar-refractivity contribution is 5.91. The van der Waals surface area contributed by atoms with Crippen LogP contribution in [-0.4, -0.2) is 45.3 Å². The van der Waals surface area contributed by atoms with Gasteiger partial charge in [-0.2, -0.15) is 5.10 Å². The summed E-state index contributed by atoms with van der Waals surface area (Å²) in [5.74, 6) is -1.69. The Morgan fingerprint density at radius 2 is 2.04 bits per heavy atom. The van der Waals surface area contributed by atoms with Crippen LogP contribution in [0.5, 0.6) is 0 Å². The molecule has 0 radical (unpaired) electrons. The Hall–Kier alpha value is -3.30. The second-order valence-electron chi connectivity index (χ2n) is 4.70. The minimum Gasteiger partial charge on any atom is -0.390 e. The number of aromatic nitrogens is 3. The van der Waals surface area contributed by atoms with Gasteiger partial charge in [-0.05, 0) is 41.5 Å². The lowest BCUT2D eigenvalue weighted by atomic mass is 10.2. The Morgan fingerprint density at radius 3 is 2.58 bits per heavy atom. The van der Waals surface area contributed by atoms with Crippen LogP contribution in [0.4, 0.5) is 11.6 Å². The monoisotopic (exact) mass is 331 g/mol. The molecule has 0 fully saturated rings. The van der Waals surface area contributed by atoms with Crippen molar-refractivity contribution in [2.75, 3.05) is 18.0 Å². The van der Waals surface area contributed by atoms with Gasteiger partial charge in [0.15, 0.2) is 0 Å². The van der Waals surface area contributed by atoms with Gasteiger partial charge in [-0.25, -0.2) is 5.43 Å². The molecule has 0 saturated carbocycles. The fraction of sp³-hybridized carbons (Fsp3) is 0.286. The fourth-order valence-corrected chi connectivity index (χ4v) is 2.01. The first kappa shape index (κ1) is 17.1. The van der Waals surface area contributed by atoms with E-state index < -0.39 is 16.8 Å². The standard InChI is InChI=1S/C14H17N7O3/c1-3-20(4-2)11-7-5-10(6-8-11)9-15-18-13(22)12-16-14(19-17-12)21(23)24/h5-9H,3-4H2,1-2H3,(H,18,22)(H,16,17,19). The quantitative estimate of drug-likeness (QED) is 0.447. The molecule has 2 N–H and O–H groups in total. The number of nitro groups is 1. The van der Waals surface area contributed by atoms with Crippen LogP contribution in [0.15, 0.2) is 29.4 Å². The number of nitrogens with zero attached hydrogens (tertiary/aromatic N) is 5. The number of benzene rings is 1. The molecule has 1 aromatic carbocycles. The van der Waals surface area contributed by atoms with Crippen LogP contribution in [0.2, 0.25) is 0 Å². The highest BCUT2D eigenvalue weighted by atomic mass is 16.6. The van der Waals surface area contributed by atoms with Crippen LogP contribution in [0.25, 0.3) is 0 Å². The molecule has 1 aromatic heterocycles. The average molecular weight is 331 g/mol. The molecule has 126 valence electrons. The summed E-state index contributed by atoms with van der Waals surface area (Å²) in [5.41, 5.74) is 4.12. The number of nitrogens with one attached hydrogen (secondary N) is 2. The predicted octanol–water partition coefficient (Wildman–Crippen LogP) is 1.32. The third kappa shape index (κ3) is 4.12. The minimum atomic E-state index is -0.773. The molecule has 0 spiro atoms. The number of H-pyrrole nitrogens is 1. The van der Waals surface area contributed by atoms with Crippen molar-refractivity contribution in [1.82, 2.24) is 20.6 Å². The van der Waals surface area contributed by atoms with E-state index in [-0.39, 0.29) is 5.82 Å². The lowest BCUT2D eigenvalue weighted by molar-refractivity contribution is -0.394. The molecular weight excluding hydrogens is 314 g/mol. The molecule has 10 nitrogen and oxygen atoms in total. The largest absolute Gasteiger partial charge is 0.454 e. The van der Waals surface area contributed by atoms with E-state index >= 15 is 0 Å². The van der Waals surface area contributed by atoms with E-state index in [1.807, 2.05) is 29.4 Å². The maximum atomic E-state index is 11.7. The van der Waals surface area contributed by atoms with E-state index in [1.54, 1.807) is 0 Å². The van der Waals surface area contributed by atoms with Crippen LogP contribution in [0.3, 0.4) is 0 Å². The molecule has 2 rings (SSSR count). The summed E-state index contributed by atoms with van der Waals surface area (Å²) < 4.78 is 0. The number of carbonyl (C=O) groups excluding carboxylic acids is 1. The van der Waals surface area contributed by atoms with Gasteiger partial charge in [0.2, 0.25) is 0 Å². The Labute approximate surface area is 137 Å². The third-order valence-corrected chi connectivity index (χ3v) is 3.25. The Bertz CT molecular complexity index is 735. The smallest absolute Gasteiger partial charge is 0.390 e. The topological polar surface area (TPSA) is 129 Å². The van der Waals surface area contributed by atoms with Crippen LogP contribution < -0.4 is 10.3 Å². The number of hydrazone groups is 1. The summed E-state index contributed by atoms with van der Waals surface area (Å²) in [6, 6.07) is 7.69. The molecular formula is C14H17N7O3. The summed E-state index contributed by atoms with van der Waals surface area (Å²) in [5, 5.41) is 19.7. The van der Waals surface area contributed by atoms with E-state index in [0.717, 1.165) is 24.3 Å². The van der Waals surface area contributed by atoms with Gasteiger partial charge in [0, 0.05) is 18.8 Å². The number of carbonyl (C=O) groups is 1. The molecule has 10 heteroatoms. The lowest BCUT2D eigenvalue weighted by Crippen LogP contribution is -2.21. The highest BCUT2D eigenvalue weighted by Gasteiger charge is 2.20. The van der Waals surface area contributed by atoms with Crippen molar-refractivity contribution >= 4 is 23.8 Å². The Kier molecular flexibility index (Phi) is 5.55. The molecule has 0 aliphatic carbocycles. The first-order chi connectivity index (χ1) is 11.5. The number of hydrogen-bond donors (Lipinski definition) is 2. The van der Waals surface area contributed by atoms with Gasteiger partial charge in [0.1, 0.15) is 0 Å². The zero-order chi connectivity index (χ0) is 17.5. The number of anilines is 1. The molecule has 0 atom stereocenters. The zero-order valence-electron chi connectivity index (χ0n) is 13.3. The number of rotatable bonds is 7. The second kappa shape index (κ2) is 7.81. The molecule has 2 aromatic rings. The zero-order valence-corrected chi connectivity index (χ0v) is 13.3. The Balaban J connectivity index is 1.95. The van der Waals surface area contributed by atoms with Crippen molar-refractivity contribution in [3.05, 3.63) is 45.8 Å². The number of amides is 1. The normalized spacial score (nSPS) is 10.8. The fourth-order valence-electron chi connectivity index (χ4n) is 2.01. The van der Waals surface area contributed by atoms with Crippen LogP contribution in [0, 0.1) is 10.1 Å². The summed E-state index contributed by atoms with van der Waals surface area (Å²) >= 11 is 0. The van der Waals surface area contributed by atoms with Crippen LogP contribution in [-0.2, 0) is 0 Å². The predicted molar refractivity (Wildman–Crippen MR) is 88.1 cm³/mol. The summed E-state index contributed by atoms with van der Waals surface area (Å²) in [7, 11) is 0. The molecule has 0 saturated heterocycles. The molecule has 24 heavy (non-hydrogen) atoms.